The topological polar surface area (TPSA) is 96.3 Å². The summed E-state index contributed by atoms with van der Waals surface area (Å²) in [6.07, 6.45) is 8.40. The highest BCUT2D eigenvalue weighted by molar-refractivity contribution is 5.96. The number of aromatic nitrogens is 2. The van der Waals surface area contributed by atoms with E-state index in [9.17, 15) is 9.59 Å². The number of carboxylic acid groups (broad SMARTS) is 1. The minimum absolute atomic E-state index is 0.0749. The monoisotopic (exact) mass is 562 g/mol. The molecule has 2 saturated carbocycles. The number of hydrogen-bond acceptors (Lipinski definition) is 4. The van der Waals surface area contributed by atoms with Gasteiger partial charge in [0.05, 0.1) is 22.6 Å². The molecular formula is C35H38N4O3. The van der Waals surface area contributed by atoms with Crippen LogP contribution in [-0.4, -0.2) is 26.5 Å². The first-order valence-electron chi connectivity index (χ1n) is 15.4. The second-order valence-electron chi connectivity index (χ2n) is 12.5. The Hall–Kier alpha value is -4.13. The van der Waals surface area contributed by atoms with Crippen molar-refractivity contribution in [3.8, 4) is 0 Å². The number of fused-ring (bicyclic) bond motifs is 2. The number of aryl methyl sites for hydroxylation is 2. The summed E-state index contributed by atoms with van der Waals surface area (Å²) in [5.41, 5.74) is 6.66. The van der Waals surface area contributed by atoms with E-state index in [1.807, 2.05) is 37.4 Å². The van der Waals surface area contributed by atoms with Gasteiger partial charge >= 0.3 is 5.97 Å². The van der Waals surface area contributed by atoms with Crippen molar-refractivity contribution in [2.75, 3.05) is 5.32 Å². The van der Waals surface area contributed by atoms with E-state index < -0.39 is 11.5 Å². The maximum absolute atomic E-state index is 13.8. The number of nitrogens with one attached hydrogen (secondary N) is 2. The van der Waals surface area contributed by atoms with E-state index in [1.165, 1.54) is 36.8 Å². The quantitative estimate of drug-likeness (QED) is 0.219. The summed E-state index contributed by atoms with van der Waals surface area (Å²) in [4.78, 5) is 29.8. The number of carboxylic acids is 1. The van der Waals surface area contributed by atoms with Crippen molar-refractivity contribution in [1.29, 1.82) is 0 Å². The molecule has 3 aromatic carbocycles. The lowest BCUT2D eigenvalue weighted by Crippen LogP contribution is -2.52. The van der Waals surface area contributed by atoms with Crippen molar-refractivity contribution >= 4 is 28.6 Å². The molecule has 0 radical (unpaired) electrons. The molecule has 3 N–H and O–H groups in total. The van der Waals surface area contributed by atoms with Crippen LogP contribution >= 0.6 is 0 Å². The molecule has 216 valence electrons. The molecule has 1 aromatic heterocycles. The molecule has 7 heteroatoms. The zero-order valence-corrected chi connectivity index (χ0v) is 24.1. The van der Waals surface area contributed by atoms with Gasteiger partial charge in [0, 0.05) is 30.6 Å². The lowest BCUT2D eigenvalue weighted by Gasteiger charge is -2.41. The first-order valence-corrected chi connectivity index (χ1v) is 15.4. The van der Waals surface area contributed by atoms with Gasteiger partial charge in [-0.15, -0.1) is 0 Å². The normalized spacial score (nSPS) is 21.1. The van der Waals surface area contributed by atoms with Gasteiger partial charge in [-0.2, -0.15) is 0 Å². The van der Waals surface area contributed by atoms with Gasteiger partial charge in [0.15, 0.2) is 0 Å². The Bertz CT molecular complexity index is 1650. The van der Waals surface area contributed by atoms with Gasteiger partial charge in [-0.1, -0.05) is 55.3 Å². The average Bonchev–Trinajstić information content (AvgIpc) is 3.72. The maximum Gasteiger partial charge on any atom is 0.303 e. The highest BCUT2D eigenvalue weighted by Gasteiger charge is 2.45. The molecule has 0 saturated heterocycles. The van der Waals surface area contributed by atoms with Crippen LogP contribution in [0.2, 0.25) is 0 Å². The van der Waals surface area contributed by atoms with E-state index in [-0.39, 0.29) is 18.4 Å². The van der Waals surface area contributed by atoms with Crippen LogP contribution in [0.4, 0.5) is 5.69 Å². The first-order chi connectivity index (χ1) is 20.4. The van der Waals surface area contributed by atoms with Crippen molar-refractivity contribution in [2.45, 2.75) is 75.3 Å². The number of aliphatic carboxylic acids is 1. The highest BCUT2D eigenvalue weighted by Crippen LogP contribution is 2.52. The van der Waals surface area contributed by atoms with Crippen LogP contribution in [0.25, 0.3) is 11.0 Å². The molecule has 42 heavy (non-hydrogen) atoms. The summed E-state index contributed by atoms with van der Waals surface area (Å²) in [6, 6.07) is 23.1. The van der Waals surface area contributed by atoms with Gasteiger partial charge in [-0.25, -0.2) is 4.98 Å². The predicted octanol–water partition coefficient (Wildman–Crippen LogP) is 6.84. The number of amides is 1. The summed E-state index contributed by atoms with van der Waals surface area (Å²) < 4.78 is 2.07. The molecule has 0 bridgehead atoms. The summed E-state index contributed by atoms with van der Waals surface area (Å²) in [7, 11) is 1.99. The van der Waals surface area contributed by atoms with Crippen LogP contribution in [-0.2, 0) is 23.8 Å². The number of carbonyl (C=O) groups is 2. The standard InChI is InChI=1S/C35H38N4O3/c1-39-29-20-22(13-17-30(40)41)12-16-27(29)37-34(39)35(18-7-19-35)38-33(42)25-14-15-26-28(21-25)36-32(24-10-3-2-4-11-24)31(26)23-8-5-6-9-23/h2-4,10-12,14-16,20-21,23,31-32,36H,5-9,13,17-19H2,1H3,(H,38,42)(H,40,41). The van der Waals surface area contributed by atoms with E-state index in [0.717, 1.165) is 47.4 Å². The smallest absolute Gasteiger partial charge is 0.303 e. The van der Waals surface area contributed by atoms with Crippen molar-refractivity contribution in [1.82, 2.24) is 14.9 Å². The Kier molecular flexibility index (Phi) is 6.76. The summed E-state index contributed by atoms with van der Waals surface area (Å²) >= 11 is 0. The Morgan fingerprint density at radius 3 is 2.52 bits per heavy atom. The van der Waals surface area contributed by atoms with E-state index in [1.54, 1.807) is 0 Å². The number of anilines is 1. The van der Waals surface area contributed by atoms with Gasteiger partial charge in [0.1, 0.15) is 5.82 Å². The first kappa shape index (κ1) is 26.7. The molecule has 1 aliphatic heterocycles. The Morgan fingerprint density at radius 1 is 1.02 bits per heavy atom. The van der Waals surface area contributed by atoms with Crippen LogP contribution < -0.4 is 10.6 Å². The van der Waals surface area contributed by atoms with Crippen LogP contribution in [0, 0.1) is 5.92 Å². The second kappa shape index (κ2) is 10.6. The van der Waals surface area contributed by atoms with E-state index >= 15 is 0 Å². The van der Waals surface area contributed by atoms with Crippen molar-refractivity contribution in [2.24, 2.45) is 13.0 Å². The van der Waals surface area contributed by atoms with Gasteiger partial charge < -0.3 is 20.3 Å². The number of hydrogen-bond donors (Lipinski definition) is 3. The maximum atomic E-state index is 13.8. The SMILES string of the molecule is Cn1c(C2(NC(=O)c3ccc4c(c3)NC(c3ccccc3)C4C3CCCC3)CCC2)nc2ccc(CCC(=O)O)cc21. The summed E-state index contributed by atoms with van der Waals surface area (Å²) in [6.45, 7) is 0. The van der Waals surface area contributed by atoms with Crippen LogP contribution in [0.5, 0.6) is 0 Å². The highest BCUT2D eigenvalue weighted by atomic mass is 16.4. The lowest BCUT2D eigenvalue weighted by atomic mass is 9.75. The van der Waals surface area contributed by atoms with Crippen LogP contribution in [0.1, 0.15) is 96.2 Å². The fourth-order valence-electron chi connectivity index (χ4n) is 7.64. The Labute approximate surface area is 246 Å². The minimum atomic E-state index is -0.802. The van der Waals surface area contributed by atoms with Crippen LogP contribution in [0.3, 0.4) is 0 Å². The third kappa shape index (κ3) is 4.65. The summed E-state index contributed by atoms with van der Waals surface area (Å²) in [5.74, 6) is 1.05. The molecule has 7 nitrogen and oxygen atoms in total. The fraction of sp³-hybridized carbons (Fsp3) is 0.400. The predicted molar refractivity (Wildman–Crippen MR) is 164 cm³/mol. The molecular weight excluding hydrogens is 524 g/mol. The van der Waals surface area contributed by atoms with E-state index in [2.05, 4.69) is 51.6 Å². The average molecular weight is 563 g/mol. The molecule has 2 aliphatic carbocycles. The van der Waals surface area contributed by atoms with Crippen molar-refractivity contribution < 1.29 is 14.7 Å². The molecule has 1 amide bonds. The summed E-state index contributed by atoms with van der Waals surface area (Å²) in [5, 5.41) is 16.3. The van der Waals surface area contributed by atoms with Gasteiger partial charge in [-0.3, -0.25) is 9.59 Å². The zero-order valence-electron chi connectivity index (χ0n) is 24.1. The molecule has 7 rings (SSSR count). The number of benzene rings is 3. The fourth-order valence-corrected chi connectivity index (χ4v) is 7.64. The number of rotatable bonds is 8. The second-order valence-corrected chi connectivity index (χ2v) is 12.5. The third-order valence-corrected chi connectivity index (χ3v) is 9.97. The molecule has 2 fully saturated rings. The number of nitrogens with zero attached hydrogens (tertiary/aromatic N) is 2. The minimum Gasteiger partial charge on any atom is -0.481 e. The van der Waals surface area contributed by atoms with Crippen LogP contribution in [0.15, 0.2) is 66.7 Å². The third-order valence-electron chi connectivity index (χ3n) is 9.97. The van der Waals surface area contributed by atoms with E-state index in [0.29, 0.717) is 23.8 Å². The molecule has 0 spiro atoms. The molecule has 4 aromatic rings. The molecule has 2 atom stereocenters. The lowest BCUT2D eigenvalue weighted by molar-refractivity contribution is -0.136. The molecule has 3 aliphatic rings. The van der Waals surface area contributed by atoms with E-state index in [4.69, 9.17) is 10.1 Å². The number of imidazole rings is 1. The van der Waals surface area contributed by atoms with Crippen molar-refractivity contribution in [3.63, 3.8) is 0 Å². The molecule has 2 unspecified atom stereocenters. The van der Waals surface area contributed by atoms with Crippen molar-refractivity contribution in [3.05, 3.63) is 94.8 Å². The van der Waals surface area contributed by atoms with Gasteiger partial charge in [-0.05, 0) is 85.4 Å². The Balaban J connectivity index is 1.16. The van der Waals surface area contributed by atoms with Gasteiger partial charge in [0.2, 0.25) is 0 Å². The molecule has 2 heterocycles. The largest absolute Gasteiger partial charge is 0.481 e. The number of carbonyl (C=O) groups excluding carboxylic acids is 1. The van der Waals surface area contributed by atoms with Gasteiger partial charge in [0.25, 0.3) is 5.91 Å². The zero-order chi connectivity index (χ0) is 28.8. The Morgan fingerprint density at radius 2 is 1.81 bits per heavy atom.